The zero-order valence-electron chi connectivity index (χ0n) is 11.3. The van der Waals surface area contributed by atoms with Crippen molar-refractivity contribution in [1.82, 2.24) is 4.90 Å². The fourth-order valence-electron chi connectivity index (χ4n) is 2.56. The molecule has 1 atom stereocenters. The van der Waals surface area contributed by atoms with Crippen molar-refractivity contribution in [1.29, 1.82) is 0 Å². The highest BCUT2D eigenvalue weighted by Gasteiger charge is 2.28. The van der Waals surface area contributed by atoms with Gasteiger partial charge in [0.15, 0.2) is 11.5 Å². The van der Waals surface area contributed by atoms with Crippen molar-refractivity contribution >= 4 is 5.91 Å². The summed E-state index contributed by atoms with van der Waals surface area (Å²) in [6, 6.07) is 5.84. The number of benzene rings is 1. The predicted molar refractivity (Wildman–Crippen MR) is 74.4 cm³/mol. The van der Waals surface area contributed by atoms with E-state index in [9.17, 15) is 4.79 Å². The maximum atomic E-state index is 11.9. The van der Waals surface area contributed by atoms with Crippen LogP contribution in [0, 0.1) is 18.3 Å². The van der Waals surface area contributed by atoms with E-state index in [1.54, 1.807) is 0 Å². The molecule has 3 rings (SSSR count). The van der Waals surface area contributed by atoms with Crippen LogP contribution in [0.1, 0.15) is 18.4 Å². The number of amides is 1. The summed E-state index contributed by atoms with van der Waals surface area (Å²) in [5.74, 6) is 4.37. The van der Waals surface area contributed by atoms with Gasteiger partial charge in [0.1, 0.15) is 0 Å². The van der Waals surface area contributed by atoms with E-state index in [1.165, 1.54) is 0 Å². The first-order valence-corrected chi connectivity index (χ1v) is 6.88. The molecular weight excluding hydrogens is 254 g/mol. The number of likely N-dealkylation sites (tertiary alicyclic amines) is 1. The molecule has 2 aliphatic heterocycles. The molecule has 1 fully saturated rings. The Bertz CT molecular complexity index is 561. The fourth-order valence-corrected chi connectivity index (χ4v) is 2.56. The standard InChI is InChI=1S/C16H17NO3/c1-2-12-9-16(18)17(10-12)11-13-4-5-14-15(8-13)20-7-3-6-19-14/h1,4-5,8,12H,3,6-7,9-11H2. The minimum absolute atomic E-state index is 0.0444. The molecule has 0 bridgehead atoms. The Balaban J connectivity index is 1.74. The van der Waals surface area contributed by atoms with Crippen LogP contribution in [0.4, 0.5) is 0 Å². The molecule has 20 heavy (non-hydrogen) atoms. The third kappa shape index (κ3) is 2.57. The summed E-state index contributed by atoms with van der Waals surface area (Å²) in [5, 5.41) is 0. The number of hydrogen-bond donors (Lipinski definition) is 0. The molecule has 0 N–H and O–H groups in total. The van der Waals surface area contributed by atoms with Crippen molar-refractivity contribution in [2.45, 2.75) is 19.4 Å². The second kappa shape index (κ2) is 5.46. The zero-order chi connectivity index (χ0) is 13.9. The fraction of sp³-hybridized carbons (Fsp3) is 0.438. The Labute approximate surface area is 118 Å². The minimum Gasteiger partial charge on any atom is -0.490 e. The lowest BCUT2D eigenvalue weighted by Crippen LogP contribution is -2.24. The van der Waals surface area contributed by atoms with Crippen LogP contribution in [0.3, 0.4) is 0 Å². The molecule has 2 heterocycles. The molecule has 0 spiro atoms. The third-order valence-electron chi connectivity index (χ3n) is 3.64. The van der Waals surface area contributed by atoms with Crippen LogP contribution in [0.5, 0.6) is 11.5 Å². The highest BCUT2D eigenvalue weighted by molar-refractivity contribution is 5.79. The average molecular weight is 271 g/mol. The first-order chi connectivity index (χ1) is 9.76. The first kappa shape index (κ1) is 12.9. The summed E-state index contributed by atoms with van der Waals surface area (Å²) >= 11 is 0. The minimum atomic E-state index is 0.0444. The largest absolute Gasteiger partial charge is 0.490 e. The van der Waals surface area contributed by atoms with Crippen LogP contribution in [0.25, 0.3) is 0 Å². The van der Waals surface area contributed by atoms with E-state index < -0.39 is 0 Å². The Hall–Kier alpha value is -2.15. The summed E-state index contributed by atoms with van der Waals surface area (Å²) in [4.78, 5) is 13.7. The van der Waals surface area contributed by atoms with Crippen molar-refractivity contribution in [3.05, 3.63) is 23.8 Å². The summed E-state index contributed by atoms with van der Waals surface area (Å²) < 4.78 is 11.3. The third-order valence-corrected chi connectivity index (χ3v) is 3.64. The van der Waals surface area contributed by atoms with E-state index in [1.807, 2.05) is 23.1 Å². The average Bonchev–Trinajstić information content (AvgIpc) is 2.67. The van der Waals surface area contributed by atoms with Crippen LogP contribution in [0.15, 0.2) is 18.2 Å². The molecule has 1 amide bonds. The van der Waals surface area contributed by atoms with Gasteiger partial charge < -0.3 is 14.4 Å². The van der Waals surface area contributed by atoms with Gasteiger partial charge in [-0.3, -0.25) is 4.79 Å². The molecule has 0 saturated carbocycles. The molecule has 1 saturated heterocycles. The van der Waals surface area contributed by atoms with E-state index in [-0.39, 0.29) is 11.8 Å². The van der Waals surface area contributed by atoms with Crippen LogP contribution >= 0.6 is 0 Å². The lowest BCUT2D eigenvalue weighted by molar-refractivity contribution is -0.128. The summed E-state index contributed by atoms with van der Waals surface area (Å²) in [6.07, 6.45) is 6.74. The van der Waals surface area contributed by atoms with Crippen molar-refractivity contribution in [3.63, 3.8) is 0 Å². The monoisotopic (exact) mass is 271 g/mol. The lowest BCUT2D eigenvalue weighted by Gasteiger charge is -2.17. The van der Waals surface area contributed by atoms with Crippen molar-refractivity contribution in [2.75, 3.05) is 19.8 Å². The van der Waals surface area contributed by atoms with Gasteiger partial charge in [0.25, 0.3) is 0 Å². The van der Waals surface area contributed by atoms with Gasteiger partial charge in [0, 0.05) is 31.8 Å². The highest BCUT2D eigenvalue weighted by atomic mass is 16.5. The molecule has 0 aliphatic carbocycles. The highest BCUT2D eigenvalue weighted by Crippen LogP contribution is 2.31. The Morgan fingerprint density at radius 1 is 1.30 bits per heavy atom. The quantitative estimate of drug-likeness (QED) is 0.770. The zero-order valence-corrected chi connectivity index (χ0v) is 11.3. The maximum Gasteiger partial charge on any atom is 0.224 e. The topological polar surface area (TPSA) is 38.8 Å². The lowest BCUT2D eigenvalue weighted by atomic mass is 10.1. The molecule has 1 aromatic rings. The van der Waals surface area contributed by atoms with E-state index in [2.05, 4.69) is 5.92 Å². The van der Waals surface area contributed by atoms with Gasteiger partial charge in [-0.1, -0.05) is 6.07 Å². The molecule has 4 heteroatoms. The van der Waals surface area contributed by atoms with Crippen LogP contribution in [-0.4, -0.2) is 30.6 Å². The molecule has 1 aromatic carbocycles. The number of carbonyl (C=O) groups excluding carboxylic acids is 1. The van der Waals surface area contributed by atoms with Gasteiger partial charge in [0.2, 0.25) is 5.91 Å². The van der Waals surface area contributed by atoms with E-state index in [0.717, 1.165) is 23.5 Å². The van der Waals surface area contributed by atoms with E-state index in [4.69, 9.17) is 15.9 Å². The van der Waals surface area contributed by atoms with Crippen LogP contribution < -0.4 is 9.47 Å². The normalized spacial score (nSPS) is 21.4. The van der Waals surface area contributed by atoms with Crippen molar-refractivity contribution in [3.8, 4) is 23.8 Å². The molecule has 104 valence electrons. The van der Waals surface area contributed by atoms with Gasteiger partial charge >= 0.3 is 0 Å². The maximum absolute atomic E-state index is 11.9. The summed E-state index contributed by atoms with van der Waals surface area (Å²) in [7, 11) is 0. The van der Waals surface area contributed by atoms with E-state index in [0.29, 0.717) is 32.7 Å². The Morgan fingerprint density at radius 3 is 2.85 bits per heavy atom. The molecular formula is C16H17NO3. The van der Waals surface area contributed by atoms with Gasteiger partial charge in [-0.2, -0.15) is 0 Å². The molecule has 0 radical (unpaired) electrons. The second-order valence-electron chi connectivity index (χ2n) is 5.17. The number of carbonyl (C=O) groups is 1. The summed E-state index contributed by atoms with van der Waals surface area (Å²) in [6.45, 7) is 2.57. The molecule has 4 nitrogen and oxygen atoms in total. The number of terminal acetylenes is 1. The number of rotatable bonds is 2. The summed E-state index contributed by atoms with van der Waals surface area (Å²) in [5.41, 5.74) is 1.04. The Morgan fingerprint density at radius 2 is 2.10 bits per heavy atom. The predicted octanol–water partition coefficient (Wildman–Crippen LogP) is 1.83. The number of nitrogens with zero attached hydrogens (tertiary/aromatic N) is 1. The first-order valence-electron chi connectivity index (χ1n) is 6.88. The van der Waals surface area contributed by atoms with Gasteiger partial charge in [-0.25, -0.2) is 0 Å². The van der Waals surface area contributed by atoms with E-state index >= 15 is 0 Å². The SMILES string of the molecule is C#CC1CC(=O)N(Cc2ccc3c(c2)OCCCO3)C1. The number of ether oxygens (including phenoxy) is 2. The Kier molecular flexibility index (Phi) is 3.51. The molecule has 2 aliphatic rings. The van der Waals surface area contributed by atoms with Crippen LogP contribution in [-0.2, 0) is 11.3 Å². The second-order valence-corrected chi connectivity index (χ2v) is 5.17. The number of fused-ring (bicyclic) bond motifs is 1. The molecule has 1 unspecified atom stereocenters. The van der Waals surface area contributed by atoms with Gasteiger partial charge in [-0.15, -0.1) is 12.3 Å². The molecule has 0 aromatic heterocycles. The van der Waals surface area contributed by atoms with Gasteiger partial charge in [0.05, 0.1) is 13.2 Å². The van der Waals surface area contributed by atoms with Gasteiger partial charge in [-0.05, 0) is 17.7 Å². The van der Waals surface area contributed by atoms with Crippen molar-refractivity contribution < 1.29 is 14.3 Å². The van der Waals surface area contributed by atoms with Crippen molar-refractivity contribution in [2.24, 2.45) is 5.92 Å². The number of hydrogen-bond acceptors (Lipinski definition) is 3. The van der Waals surface area contributed by atoms with Crippen LogP contribution in [0.2, 0.25) is 0 Å². The smallest absolute Gasteiger partial charge is 0.224 e.